The molecule has 1 aliphatic heterocycles. The van der Waals surface area contributed by atoms with Crippen LogP contribution in [0.3, 0.4) is 0 Å². The lowest BCUT2D eigenvalue weighted by Crippen LogP contribution is -2.62. The lowest BCUT2D eigenvalue weighted by atomic mass is 9.74. The van der Waals surface area contributed by atoms with E-state index in [9.17, 15) is 14.4 Å². The van der Waals surface area contributed by atoms with Crippen molar-refractivity contribution < 1.29 is 19.1 Å². The normalized spacial score (nSPS) is 20.3. The zero-order valence-electron chi connectivity index (χ0n) is 19.4. The molecule has 1 fully saturated rings. The van der Waals surface area contributed by atoms with Crippen LogP contribution in [0.5, 0.6) is 0 Å². The Morgan fingerprint density at radius 2 is 1.40 bits per heavy atom. The number of rotatable bonds is 10. The standard InChI is InChI=1S/C28H29N3O4/c29-26(33)25(32)24(16-20-10-4-1-5-11-20)28(27(30)34)17-23(35-19-21-12-6-2-7-13-21)18-31(28)22-14-8-3-9-15-22/h1-15,23-24H,16-19H2,(H2,29,33)(H2,30,34)/t23?,24-,28?/m1/s1. The van der Waals surface area contributed by atoms with Crippen molar-refractivity contribution in [2.75, 3.05) is 11.4 Å². The van der Waals surface area contributed by atoms with Gasteiger partial charge in [-0.15, -0.1) is 0 Å². The third-order valence-corrected chi connectivity index (χ3v) is 6.65. The number of ketones is 1. The topological polar surface area (TPSA) is 116 Å². The summed E-state index contributed by atoms with van der Waals surface area (Å²) in [5.74, 6) is -3.68. The van der Waals surface area contributed by atoms with Gasteiger partial charge in [-0.1, -0.05) is 78.9 Å². The molecule has 0 bridgehead atoms. The zero-order valence-corrected chi connectivity index (χ0v) is 19.4. The quantitative estimate of drug-likeness (QED) is 0.441. The van der Waals surface area contributed by atoms with Crippen LogP contribution in [0.25, 0.3) is 0 Å². The number of para-hydroxylation sites is 1. The minimum Gasteiger partial charge on any atom is -0.372 e. The van der Waals surface area contributed by atoms with Crippen molar-refractivity contribution in [3.8, 4) is 0 Å². The molecule has 0 saturated carbocycles. The summed E-state index contributed by atoms with van der Waals surface area (Å²) in [4.78, 5) is 40.5. The van der Waals surface area contributed by atoms with Crippen LogP contribution in [-0.2, 0) is 32.1 Å². The Bertz CT molecular complexity index is 1170. The number of ether oxygens (including phenoxy) is 1. The molecule has 35 heavy (non-hydrogen) atoms. The fourth-order valence-corrected chi connectivity index (χ4v) is 4.97. The third-order valence-electron chi connectivity index (χ3n) is 6.65. The fourth-order valence-electron chi connectivity index (χ4n) is 4.97. The van der Waals surface area contributed by atoms with Gasteiger partial charge in [-0.25, -0.2) is 0 Å². The van der Waals surface area contributed by atoms with Gasteiger partial charge in [-0.05, 0) is 29.7 Å². The Morgan fingerprint density at radius 1 is 0.857 bits per heavy atom. The summed E-state index contributed by atoms with van der Waals surface area (Å²) in [6.45, 7) is 0.674. The Balaban J connectivity index is 1.76. The summed E-state index contributed by atoms with van der Waals surface area (Å²) >= 11 is 0. The number of hydrogen-bond acceptors (Lipinski definition) is 5. The maximum Gasteiger partial charge on any atom is 0.285 e. The van der Waals surface area contributed by atoms with Crippen LogP contribution >= 0.6 is 0 Å². The van der Waals surface area contributed by atoms with E-state index in [2.05, 4.69) is 0 Å². The van der Waals surface area contributed by atoms with Crippen molar-refractivity contribution in [2.24, 2.45) is 17.4 Å². The number of primary amides is 2. The third kappa shape index (κ3) is 5.10. The van der Waals surface area contributed by atoms with Crippen LogP contribution in [0.2, 0.25) is 0 Å². The Kier molecular flexibility index (Phi) is 7.27. The molecule has 2 unspecified atom stereocenters. The summed E-state index contributed by atoms with van der Waals surface area (Å²) in [6.07, 6.45) is -0.109. The molecule has 0 radical (unpaired) electrons. The molecule has 4 rings (SSSR count). The van der Waals surface area contributed by atoms with Gasteiger partial charge >= 0.3 is 0 Å². The van der Waals surface area contributed by atoms with E-state index in [-0.39, 0.29) is 12.8 Å². The average molecular weight is 472 g/mol. The molecule has 3 aromatic rings. The van der Waals surface area contributed by atoms with Crippen molar-refractivity contribution in [3.05, 3.63) is 102 Å². The van der Waals surface area contributed by atoms with Gasteiger partial charge in [0.2, 0.25) is 11.7 Å². The van der Waals surface area contributed by atoms with Gasteiger partial charge in [-0.2, -0.15) is 0 Å². The Morgan fingerprint density at radius 3 is 1.94 bits per heavy atom. The average Bonchev–Trinajstić information content (AvgIpc) is 3.28. The van der Waals surface area contributed by atoms with E-state index in [1.807, 2.05) is 95.9 Å². The van der Waals surface area contributed by atoms with E-state index in [1.54, 1.807) is 0 Å². The van der Waals surface area contributed by atoms with Crippen LogP contribution < -0.4 is 16.4 Å². The zero-order chi connectivity index (χ0) is 24.8. The number of carbonyl (C=O) groups excluding carboxylic acids is 3. The molecular formula is C28H29N3O4. The lowest BCUT2D eigenvalue weighted by Gasteiger charge is -2.42. The van der Waals surface area contributed by atoms with Crippen LogP contribution in [0.4, 0.5) is 5.69 Å². The summed E-state index contributed by atoms with van der Waals surface area (Å²) in [5.41, 5.74) is 12.6. The maximum absolute atomic E-state index is 13.3. The predicted molar refractivity (Wildman–Crippen MR) is 133 cm³/mol. The molecule has 3 atom stereocenters. The minimum atomic E-state index is -1.50. The molecule has 4 N–H and O–H groups in total. The van der Waals surface area contributed by atoms with Gasteiger partial charge in [0.05, 0.1) is 18.6 Å². The van der Waals surface area contributed by atoms with E-state index < -0.39 is 35.2 Å². The van der Waals surface area contributed by atoms with Crippen molar-refractivity contribution in [2.45, 2.75) is 31.1 Å². The van der Waals surface area contributed by atoms with Crippen molar-refractivity contribution in [1.82, 2.24) is 0 Å². The summed E-state index contributed by atoms with van der Waals surface area (Å²) in [6, 6.07) is 28.2. The largest absolute Gasteiger partial charge is 0.372 e. The van der Waals surface area contributed by atoms with Crippen LogP contribution in [-0.4, -0.2) is 35.8 Å². The van der Waals surface area contributed by atoms with Gasteiger partial charge in [0.15, 0.2) is 0 Å². The minimum absolute atomic E-state index is 0.139. The smallest absolute Gasteiger partial charge is 0.285 e. The molecule has 3 aromatic carbocycles. The number of hydrogen-bond donors (Lipinski definition) is 2. The molecule has 1 saturated heterocycles. The highest BCUT2D eigenvalue weighted by molar-refractivity contribution is 6.37. The molecular weight excluding hydrogens is 442 g/mol. The highest BCUT2D eigenvalue weighted by Gasteiger charge is 2.58. The molecule has 1 aliphatic rings. The number of nitrogens with two attached hydrogens (primary N) is 2. The number of carbonyl (C=O) groups is 3. The predicted octanol–water partition coefficient (Wildman–Crippen LogP) is 2.62. The van der Waals surface area contributed by atoms with E-state index >= 15 is 0 Å². The monoisotopic (exact) mass is 471 g/mol. The fraction of sp³-hybridized carbons (Fsp3) is 0.250. The van der Waals surface area contributed by atoms with Gasteiger partial charge < -0.3 is 21.1 Å². The summed E-state index contributed by atoms with van der Waals surface area (Å²) in [7, 11) is 0. The van der Waals surface area contributed by atoms with Gasteiger partial charge in [0.1, 0.15) is 5.54 Å². The SMILES string of the molecule is NC(=O)C(=O)[C@@H](Cc1ccccc1)C1(C(N)=O)CC(OCc2ccccc2)CN1c1ccccc1. The highest BCUT2D eigenvalue weighted by Crippen LogP contribution is 2.42. The Labute approximate surface area is 204 Å². The second-order valence-corrected chi connectivity index (χ2v) is 8.83. The van der Waals surface area contributed by atoms with Crippen molar-refractivity contribution in [3.63, 3.8) is 0 Å². The molecule has 2 amide bonds. The Hall–Kier alpha value is -3.97. The second-order valence-electron chi connectivity index (χ2n) is 8.83. The molecule has 1 heterocycles. The van der Waals surface area contributed by atoms with Crippen molar-refractivity contribution in [1.29, 1.82) is 0 Å². The van der Waals surface area contributed by atoms with E-state index in [1.165, 1.54) is 0 Å². The van der Waals surface area contributed by atoms with E-state index in [0.717, 1.165) is 11.1 Å². The molecule has 7 nitrogen and oxygen atoms in total. The molecule has 0 aliphatic carbocycles. The van der Waals surface area contributed by atoms with Gasteiger partial charge in [0.25, 0.3) is 5.91 Å². The summed E-state index contributed by atoms with van der Waals surface area (Å²) in [5, 5.41) is 0. The molecule has 0 spiro atoms. The van der Waals surface area contributed by atoms with Gasteiger partial charge in [-0.3, -0.25) is 14.4 Å². The maximum atomic E-state index is 13.3. The second kappa shape index (κ2) is 10.5. The molecule has 180 valence electrons. The number of nitrogens with zero attached hydrogens (tertiary/aromatic N) is 1. The first-order valence-electron chi connectivity index (χ1n) is 11.6. The molecule has 7 heteroatoms. The lowest BCUT2D eigenvalue weighted by molar-refractivity contribution is -0.142. The summed E-state index contributed by atoms with van der Waals surface area (Å²) < 4.78 is 6.21. The van der Waals surface area contributed by atoms with E-state index in [0.29, 0.717) is 18.8 Å². The number of Topliss-reactive ketones (excluding diaryl/α,β-unsaturated/α-hetero) is 1. The first-order valence-corrected chi connectivity index (χ1v) is 11.6. The number of amides is 2. The van der Waals surface area contributed by atoms with Crippen LogP contribution in [0.15, 0.2) is 91.0 Å². The van der Waals surface area contributed by atoms with Crippen molar-refractivity contribution >= 4 is 23.3 Å². The number of anilines is 1. The van der Waals surface area contributed by atoms with E-state index in [4.69, 9.17) is 16.2 Å². The van der Waals surface area contributed by atoms with Crippen LogP contribution in [0.1, 0.15) is 17.5 Å². The first kappa shape index (κ1) is 24.2. The number of benzene rings is 3. The van der Waals surface area contributed by atoms with Crippen LogP contribution in [0, 0.1) is 5.92 Å². The van der Waals surface area contributed by atoms with Gasteiger partial charge in [0, 0.05) is 18.7 Å². The highest BCUT2D eigenvalue weighted by atomic mass is 16.5. The first-order chi connectivity index (χ1) is 16.9. The molecule has 0 aromatic heterocycles.